The van der Waals surface area contributed by atoms with Crippen LogP contribution in [0.15, 0.2) is 42.7 Å². The van der Waals surface area contributed by atoms with Gasteiger partial charge >= 0.3 is 5.97 Å². The molecule has 0 radical (unpaired) electrons. The van der Waals surface area contributed by atoms with E-state index in [0.717, 1.165) is 22.4 Å². The van der Waals surface area contributed by atoms with Gasteiger partial charge in [-0.1, -0.05) is 19.1 Å². The average molecular weight is 299 g/mol. The summed E-state index contributed by atoms with van der Waals surface area (Å²) in [5, 5.41) is 0. The summed E-state index contributed by atoms with van der Waals surface area (Å²) in [6.07, 6.45) is 3.94. The molecule has 0 saturated heterocycles. The van der Waals surface area contributed by atoms with Crippen LogP contribution in [0.1, 0.15) is 31.7 Å². The molecule has 0 unspecified atom stereocenters. The highest BCUT2D eigenvalue weighted by Crippen LogP contribution is 2.31. The standard InChI is InChI=1S/C18H21NO3/c1-4-22-18(20)11-13(2)17-12-19-10-9-16(17)14-5-7-15(21-3)8-6-14/h5-10,12-13H,4,11H2,1-3H3/t13-/m0/s1. The number of pyridine rings is 1. The summed E-state index contributed by atoms with van der Waals surface area (Å²) in [5.74, 6) is 0.684. The summed E-state index contributed by atoms with van der Waals surface area (Å²) >= 11 is 0. The molecule has 0 spiro atoms. The van der Waals surface area contributed by atoms with Crippen LogP contribution >= 0.6 is 0 Å². The van der Waals surface area contributed by atoms with Crippen molar-refractivity contribution >= 4 is 5.97 Å². The maximum Gasteiger partial charge on any atom is 0.306 e. The molecule has 0 N–H and O–H groups in total. The lowest BCUT2D eigenvalue weighted by Crippen LogP contribution is -2.09. The van der Waals surface area contributed by atoms with Gasteiger partial charge in [0.2, 0.25) is 0 Å². The van der Waals surface area contributed by atoms with Crippen molar-refractivity contribution in [2.45, 2.75) is 26.2 Å². The van der Waals surface area contributed by atoms with Crippen LogP contribution in [-0.2, 0) is 9.53 Å². The molecule has 1 aromatic carbocycles. The Morgan fingerprint density at radius 2 is 1.95 bits per heavy atom. The lowest BCUT2D eigenvalue weighted by molar-refractivity contribution is -0.143. The topological polar surface area (TPSA) is 48.4 Å². The molecule has 0 aliphatic rings. The quantitative estimate of drug-likeness (QED) is 0.761. The predicted octanol–water partition coefficient (Wildman–Crippen LogP) is 3.81. The van der Waals surface area contributed by atoms with Crippen molar-refractivity contribution in [2.75, 3.05) is 13.7 Å². The Balaban J connectivity index is 2.27. The molecule has 0 bridgehead atoms. The van der Waals surface area contributed by atoms with Gasteiger partial charge in [0.1, 0.15) is 5.75 Å². The van der Waals surface area contributed by atoms with Crippen molar-refractivity contribution < 1.29 is 14.3 Å². The fourth-order valence-electron chi connectivity index (χ4n) is 2.41. The Hall–Kier alpha value is -2.36. The third kappa shape index (κ3) is 3.85. The van der Waals surface area contributed by atoms with Crippen molar-refractivity contribution in [3.05, 3.63) is 48.3 Å². The van der Waals surface area contributed by atoms with Gasteiger partial charge in [-0.05, 0) is 47.7 Å². The highest BCUT2D eigenvalue weighted by atomic mass is 16.5. The zero-order chi connectivity index (χ0) is 15.9. The highest BCUT2D eigenvalue weighted by molar-refractivity contribution is 5.73. The Morgan fingerprint density at radius 1 is 1.23 bits per heavy atom. The molecular formula is C18H21NO3. The van der Waals surface area contributed by atoms with E-state index in [9.17, 15) is 4.79 Å². The normalized spacial score (nSPS) is 11.8. The predicted molar refractivity (Wildman–Crippen MR) is 85.9 cm³/mol. The number of rotatable bonds is 6. The van der Waals surface area contributed by atoms with Gasteiger partial charge < -0.3 is 9.47 Å². The van der Waals surface area contributed by atoms with E-state index in [-0.39, 0.29) is 11.9 Å². The van der Waals surface area contributed by atoms with Crippen molar-refractivity contribution in [3.8, 4) is 16.9 Å². The van der Waals surface area contributed by atoms with Gasteiger partial charge in [0.15, 0.2) is 0 Å². The molecule has 2 rings (SSSR count). The third-order valence-corrected chi connectivity index (χ3v) is 3.56. The first-order chi connectivity index (χ1) is 10.7. The number of methoxy groups -OCH3 is 1. The SMILES string of the molecule is CCOC(=O)C[C@H](C)c1cnccc1-c1ccc(OC)cc1. The zero-order valence-corrected chi connectivity index (χ0v) is 13.2. The fourth-order valence-corrected chi connectivity index (χ4v) is 2.41. The van der Waals surface area contributed by atoms with Gasteiger partial charge in [-0.3, -0.25) is 9.78 Å². The van der Waals surface area contributed by atoms with E-state index in [0.29, 0.717) is 13.0 Å². The number of esters is 1. The second-order valence-corrected chi connectivity index (χ2v) is 5.10. The Bertz CT molecular complexity index is 622. The number of carbonyl (C=O) groups excluding carboxylic acids is 1. The smallest absolute Gasteiger partial charge is 0.306 e. The highest BCUT2D eigenvalue weighted by Gasteiger charge is 2.16. The van der Waals surface area contributed by atoms with Gasteiger partial charge in [-0.25, -0.2) is 0 Å². The van der Waals surface area contributed by atoms with E-state index in [2.05, 4.69) is 4.98 Å². The Morgan fingerprint density at radius 3 is 2.59 bits per heavy atom. The van der Waals surface area contributed by atoms with Crippen molar-refractivity contribution in [3.63, 3.8) is 0 Å². The number of hydrogen-bond donors (Lipinski definition) is 0. The summed E-state index contributed by atoms with van der Waals surface area (Å²) in [6.45, 7) is 4.24. The molecule has 1 atom stereocenters. The summed E-state index contributed by atoms with van der Waals surface area (Å²) in [4.78, 5) is 15.9. The lowest BCUT2D eigenvalue weighted by atomic mass is 9.91. The minimum atomic E-state index is -0.181. The number of nitrogens with zero attached hydrogens (tertiary/aromatic N) is 1. The molecule has 22 heavy (non-hydrogen) atoms. The van der Waals surface area contributed by atoms with Gasteiger partial charge in [0.05, 0.1) is 20.1 Å². The molecule has 0 aliphatic carbocycles. The van der Waals surface area contributed by atoms with Gasteiger partial charge in [-0.15, -0.1) is 0 Å². The van der Waals surface area contributed by atoms with Crippen molar-refractivity contribution in [2.24, 2.45) is 0 Å². The van der Waals surface area contributed by atoms with E-state index < -0.39 is 0 Å². The second-order valence-electron chi connectivity index (χ2n) is 5.10. The van der Waals surface area contributed by atoms with Crippen LogP contribution in [0.3, 0.4) is 0 Å². The number of aromatic nitrogens is 1. The Labute approximate surface area is 131 Å². The molecule has 2 aromatic rings. The van der Waals surface area contributed by atoms with Gasteiger partial charge in [-0.2, -0.15) is 0 Å². The van der Waals surface area contributed by atoms with Crippen LogP contribution in [0.4, 0.5) is 0 Å². The average Bonchev–Trinajstić information content (AvgIpc) is 2.55. The first-order valence-electron chi connectivity index (χ1n) is 7.39. The van der Waals surface area contributed by atoms with E-state index >= 15 is 0 Å². The van der Waals surface area contributed by atoms with Crippen LogP contribution in [0.5, 0.6) is 5.75 Å². The number of carbonyl (C=O) groups is 1. The first-order valence-corrected chi connectivity index (χ1v) is 7.39. The minimum Gasteiger partial charge on any atom is -0.497 e. The molecular weight excluding hydrogens is 278 g/mol. The number of ether oxygens (including phenoxy) is 2. The van der Waals surface area contributed by atoms with Crippen LogP contribution in [0, 0.1) is 0 Å². The zero-order valence-electron chi connectivity index (χ0n) is 13.2. The minimum absolute atomic E-state index is 0.0462. The molecule has 0 aliphatic heterocycles. The van der Waals surface area contributed by atoms with Crippen LogP contribution < -0.4 is 4.74 Å². The third-order valence-electron chi connectivity index (χ3n) is 3.56. The molecule has 116 valence electrons. The summed E-state index contributed by atoms with van der Waals surface area (Å²) < 4.78 is 10.2. The van der Waals surface area contributed by atoms with E-state index in [4.69, 9.17) is 9.47 Å². The molecule has 4 heteroatoms. The maximum absolute atomic E-state index is 11.7. The molecule has 0 amide bonds. The van der Waals surface area contributed by atoms with E-state index in [1.54, 1.807) is 13.3 Å². The molecule has 1 heterocycles. The molecule has 4 nitrogen and oxygen atoms in total. The molecule has 0 fully saturated rings. The van der Waals surface area contributed by atoms with Crippen LogP contribution in [-0.4, -0.2) is 24.7 Å². The first kappa shape index (κ1) is 16.0. The Kier molecular flexibility index (Phi) is 5.53. The van der Waals surface area contributed by atoms with Crippen LogP contribution in [0.2, 0.25) is 0 Å². The van der Waals surface area contributed by atoms with Crippen molar-refractivity contribution in [1.82, 2.24) is 4.98 Å². The van der Waals surface area contributed by atoms with Crippen LogP contribution in [0.25, 0.3) is 11.1 Å². The number of hydrogen-bond acceptors (Lipinski definition) is 4. The van der Waals surface area contributed by atoms with E-state index in [1.807, 2.05) is 50.4 Å². The second kappa shape index (κ2) is 7.59. The largest absolute Gasteiger partial charge is 0.497 e. The fraction of sp³-hybridized carbons (Fsp3) is 0.333. The summed E-state index contributed by atoms with van der Waals surface area (Å²) in [6, 6.07) is 9.84. The van der Waals surface area contributed by atoms with Crippen molar-refractivity contribution in [1.29, 1.82) is 0 Å². The molecule has 1 aromatic heterocycles. The summed E-state index contributed by atoms with van der Waals surface area (Å²) in [5.41, 5.74) is 3.20. The monoisotopic (exact) mass is 299 g/mol. The van der Waals surface area contributed by atoms with E-state index in [1.165, 1.54) is 0 Å². The van der Waals surface area contributed by atoms with Gasteiger partial charge in [0.25, 0.3) is 0 Å². The number of benzene rings is 1. The lowest BCUT2D eigenvalue weighted by Gasteiger charge is -2.15. The maximum atomic E-state index is 11.7. The molecule has 0 saturated carbocycles. The van der Waals surface area contributed by atoms with Gasteiger partial charge in [0, 0.05) is 12.4 Å². The summed E-state index contributed by atoms with van der Waals surface area (Å²) in [7, 11) is 1.65.